The van der Waals surface area contributed by atoms with Crippen LogP contribution in [0.4, 0.5) is 5.69 Å². The summed E-state index contributed by atoms with van der Waals surface area (Å²) in [4.78, 5) is 14.0. The van der Waals surface area contributed by atoms with Gasteiger partial charge in [-0.25, -0.2) is 0 Å². The number of aryl methyl sites for hydroxylation is 2. The molecule has 1 aliphatic rings. The van der Waals surface area contributed by atoms with Crippen LogP contribution in [0.15, 0.2) is 18.2 Å². The summed E-state index contributed by atoms with van der Waals surface area (Å²) in [5, 5.41) is 4.22. The molecule has 0 unspecified atom stereocenters. The van der Waals surface area contributed by atoms with Gasteiger partial charge in [-0.15, -0.1) is 0 Å². The van der Waals surface area contributed by atoms with E-state index >= 15 is 0 Å². The average molecular weight is 349 g/mol. The van der Waals surface area contributed by atoms with Crippen molar-refractivity contribution in [3.8, 4) is 0 Å². The molecule has 24 heavy (non-hydrogen) atoms. The Hall–Kier alpha value is -1.62. The van der Waals surface area contributed by atoms with Crippen LogP contribution in [0.2, 0.25) is 0 Å². The maximum Gasteiger partial charge on any atom is 0.309 e. The second-order valence-electron chi connectivity index (χ2n) is 6.10. The van der Waals surface area contributed by atoms with Crippen LogP contribution < -0.4 is 5.32 Å². The van der Waals surface area contributed by atoms with E-state index in [0.29, 0.717) is 6.61 Å². The highest BCUT2D eigenvalue weighted by atomic mass is 32.1. The van der Waals surface area contributed by atoms with E-state index in [-0.39, 0.29) is 11.9 Å². The lowest BCUT2D eigenvalue weighted by molar-refractivity contribution is -0.149. The molecule has 0 aliphatic carbocycles. The monoisotopic (exact) mass is 348 g/mol. The Morgan fingerprint density at radius 1 is 1.21 bits per heavy atom. The molecule has 0 aromatic heterocycles. The molecule has 0 spiro atoms. The van der Waals surface area contributed by atoms with Gasteiger partial charge in [0.2, 0.25) is 0 Å². The highest BCUT2D eigenvalue weighted by Gasteiger charge is 2.27. The van der Waals surface area contributed by atoms with E-state index < -0.39 is 0 Å². The summed E-state index contributed by atoms with van der Waals surface area (Å²) in [5.41, 5.74) is 3.73. The smallest absolute Gasteiger partial charge is 0.309 e. The maximum absolute atomic E-state index is 11.8. The molecular formula is C19H28N2O2S. The van der Waals surface area contributed by atoms with Crippen LogP contribution in [0.1, 0.15) is 44.7 Å². The quantitative estimate of drug-likeness (QED) is 0.648. The third-order valence-corrected chi connectivity index (χ3v) is 4.99. The molecule has 1 heterocycles. The Morgan fingerprint density at radius 2 is 1.79 bits per heavy atom. The summed E-state index contributed by atoms with van der Waals surface area (Å²) in [7, 11) is 0. The van der Waals surface area contributed by atoms with Crippen molar-refractivity contribution in [2.24, 2.45) is 5.92 Å². The Kier molecular flexibility index (Phi) is 7.03. The first-order chi connectivity index (χ1) is 11.6. The van der Waals surface area contributed by atoms with Gasteiger partial charge in [0.25, 0.3) is 0 Å². The molecule has 4 nitrogen and oxygen atoms in total. The summed E-state index contributed by atoms with van der Waals surface area (Å²) in [5.74, 6) is -0.0567. The second-order valence-corrected chi connectivity index (χ2v) is 6.49. The Morgan fingerprint density at radius 3 is 2.29 bits per heavy atom. The van der Waals surface area contributed by atoms with Gasteiger partial charge in [-0.3, -0.25) is 4.79 Å². The summed E-state index contributed by atoms with van der Waals surface area (Å²) < 4.78 is 5.13. The maximum atomic E-state index is 11.8. The number of thiocarbonyl (C=S) groups is 1. The molecule has 1 aromatic carbocycles. The van der Waals surface area contributed by atoms with Gasteiger partial charge in [0.15, 0.2) is 5.11 Å². The number of hydrogen-bond acceptors (Lipinski definition) is 3. The number of hydrogen-bond donors (Lipinski definition) is 1. The number of piperidine rings is 1. The zero-order valence-corrected chi connectivity index (χ0v) is 15.7. The van der Waals surface area contributed by atoms with Crippen molar-refractivity contribution in [2.45, 2.75) is 46.5 Å². The molecule has 1 aliphatic heterocycles. The average Bonchev–Trinajstić information content (AvgIpc) is 2.62. The fraction of sp³-hybridized carbons (Fsp3) is 0.579. The van der Waals surface area contributed by atoms with Crippen molar-refractivity contribution in [3.63, 3.8) is 0 Å². The van der Waals surface area contributed by atoms with Gasteiger partial charge < -0.3 is 15.0 Å². The van der Waals surface area contributed by atoms with Crippen molar-refractivity contribution in [1.29, 1.82) is 0 Å². The first-order valence-corrected chi connectivity index (χ1v) is 9.34. The number of para-hydroxylation sites is 1. The van der Waals surface area contributed by atoms with Gasteiger partial charge in [-0.2, -0.15) is 0 Å². The van der Waals surface area contributed by atoms with Crippen LogP contribution in [0.25, 0.3) is 0 Å². The summed E-state index contributed by atoms with van der Waals surface area (Å²) in [6.07, 6.45) is 3.56. The molecule has 0 bridgehead atoms. The van der Waals surface area contributed by atoms with E-state index in [4.69, 9.17) is 17.0 Å². The summed E-state index contributed by atoms with van der Waals surface area (Å²) in [6.45, 7) is 8.22. The van der Waals surface area contributed by atoms with Crippen LogP contribution in [-0.2, 0) is 22.4 Å². The van der Waals surface area contributed by atoms with Crippen LogP contribution in [0, 0.1) is 5.92 Å². The highest BCUT2D eigenvalue weighted by molar-refractivity contribution is 7.80. The molecule has 1 aromatic rings. The normalized spacial score (nSPS) is 15.2. The molecule has 0 atom stereocenters. The number of rotatable bonds is 5. The van der Waals surface area contributed by atoms with Crippen molar-refractivity contribution in [2.75, 3.05) is 25.0 Å². The summed E-state index contributed by atoms with van der Waals surface area (Å²) >= 11 is 5.63. The van der Waals surface area contributed by atoms with Crippen LogP contribution in [0.3, 0.4) is 0 Å². The van der Waals surface area contributed by atoms with Crippen molar-refractivity contribution in [1.82, 2.24) is 4.90 Å². The van der Waals surface area contributed by atoms with Crippen LogP contribution >= 0.6 is 12.2 Å². The number of likely N-dealkylation sites (tertiary alicyclic amines) is 1. The van der Waals surface area contributed by atoms with Crippen LogP contribution in [0.5, 0.6) is 0 Å². The van der Waals surface area contributed by atoms with E-state index in [1.54, 1.807) is 0 Å². The molecule has 2 rings (SSSR count). The Labute approximate surface area is 150 Å². The minimum atomic E-state index is -0.0689. The van der Waals surface area contributed by atoms with Crippen LogP contribution in [-0.4, -0.2) is 35.7 Å². The Bertz CT molecular complexity index is 558. The van der Waals surface area contributed by atoms with E-state index in [0.717, 1.165) is 49.6 Å². The molecule has 1 fully saturated rings. The van der Waals surface area contributed by atoms with Gasteiger partial charge >= 0.3 is 5.97 Å². The lowest BCUT2D eigenvalue weighted by atomic mass is 9.97. The summed E-state index contributed by atoms with van der Waals surface area (Å²) in [6, 6.07) is 6.41. The lowest BCUT2D eigenvalue weighted by Gasteiger charge is -2.33. The third kappa shape index (κ3) is 4.47. The molecule has 0 saturated carbocycles. The zero-order valence-electron chi connectivity index (χ0n) is 14.9. The highest BCUT2D eigenvalue weighted by Crippen LogP contribution is 2.24. The molecule has 0 radical (unpaired) electrons. The SMILES string of the molecule is CCOC(=O)C1CCN(C(=S)Nc2c(CC)cccc2CC)CC1. The Balaban J connectivity index is 1.98. The minimum Gasteiger partial charge on any atom is -0.466 e. The van der Waals surface area contributed by atoms with Gasteiger partial charge in [0.1, 0.15) is 0 Å². The van der Waals surface area contributed by atoms with Gasteiger partial charge in [-0.05, 0) is 56.0 Å². The number of benzene rings is 1. The number of anilines is 1. The van der Waals surface area contributed by atoms with E-state index in [1.807, 2.05) is 6.92 Å². The molecule has 132 valence electrons. The largest absolute Gasteiger partial charge is 0.466 e. The number of esters is 1. The first-order valence-electron chi connectivity index (χ1n) is 8.93. The number of nitrogens with one attached hydrogen (secondary N) is 1. The van der Waals surface area contributed by atoms with E-state index in [2.05, 4.69) is 42.3 Å². The molecule has 1 N–H and O–H groups in total. The van der Waals surface area contributed by atoms with Gasteiger partial charge in [0, 0.05) is 18.8 Å². The van der Waals surface area contributed by atoms with Gasteiger partial charge in [-0.1, -0.05) is 32.0 Å². The molecular weight excluding hydrogens is 320 g/mol. The molecule has 1 saturated heterocycles. The third-order valence-electron chi connectivity index (χ3n) is 4.63. The van der Waals surface area contributed by atoms with Crippen molar-refractivity contribution in [3.05, 3.63) is 29.3 Å². The minimum absolute atomic E-state index is 0.0122. The number of ether oxygens (including phenoxy) is 1. The number of nitrogens with zero attached hydrogens (tertiary/aromatic N) is 1. The predicted octanol–water partition coefficient (Wildman–Crippen LogP) is 3.78. The fourth-order valence-electron chi connectivity index (χ4n) is 3.17. The van der Waals surface area contributed by atoms with E-state index in [9.17, 15) is 4.79 Å². The first kappa shape index (κ1) is 18.7. The standard InChI is InChI=1S/C19H28N2O2S/c1-4-14-8-7-9-15(5-2)17(14)20-19(24)21-12-10-16(11-13-21)18(22)23-6-3/h7-9,16H,4-6,10-13H2,1-3H3,(H,20,24). The topological polar surface area (TPSA) is 41.6 Å². The fourth-order valence-corrected chi connectivity index (χ4v) is 3.45. The predicted molar refractivity (Wildman–Crippen MR) is 102 cm³/mol. The second kappa shape index (κ2) is 9.02. The van der Waals surface area contributed by atoms with Crippen molar-refractivity contribution >= 4 is 29.0 Å². The molecule has 0 amide bonds. The lowest BCUT2D eigenvalue weighted by Crippen LogP contribution is -2.42. The zero-order chi connectivity index (χ0) is 17.5. The van der Waals surface area contributed by atoms with Gasteiger partial charge in [0.05, 0.1) is 12.5 Å². The number of carbonyl (C=O) groups excluding carboxylic acids is 1. The molecule has 5 heteroatoms. The number of carbonyl (C=O) groups is 1. The van der Waals surface area contributed by atoms with Crippen molar-refractivity contribution < 1.29 is 9.53 Å². The van der Waals surface area contributed by atoms with E-state index in [1.165, 1.54) is 11.1 Å².